The highest BCUT2D eigenvalue weighted by Crippen LogP contribution is 2.32. The van der Waals surface area contributed by atoms with Crippen LogP contribution in [0.5, 0.6) is 0 Å². The Bertz CT molecular complexity index is 1100. The van der Waals surface area contributed by atoms with Gasteiger partial charge in [-0.3, -0.25) is 14.2 Å². The molecule has 3 heterocycles. The number of benzene rings is 1. The Labute approximate surface area is 165 Å². The molecule has 144 valence electrons. The fourth-order valence-corrected chi connectivity index (χ4v) is 4.57. The summed E-state index contributed by atoms with van der Waals surface area (Å²) in [6.07, 6.45) is 1.66. The number of ketones is 1. The average molecular weight is 397 g/mol. The van der Waals surface area contributed by atoms with Gasteiger partial charge in [0.1, 0.15) is 4.83 Å². The van der Waals surface area contributed by atoms with E-state index in [9.17, 15) is 14.4 Å². The van der Waals surface area contributed by atoms with Crippen molar-refractivity contribution < 1.29 is 14.3 Å². The first-order valence-corrected chi connectivity index (χ1v) is 9.89. The summed E-state index contributed by atoms with van der Waals surface area (Å²) in [5.74, 6) is -0.138. The highest BCUT2D eigenvalue weighted by molar-refractivity contribution is 7.18. The zero-order valence-electron chi connectivity index (χ0n) is 15.4. The van der Waals surface area contributed by atoms with Gasteiger partial charge in [-0.05, 0) is 18.9 Å². The van der Waals surface area contributed by atoms with Gasteiger partial charge >= 0.3 is 6.09 Å². The van der Waals surface area contributed by atoms with Crippen molar-refractivity contribution in [2.24, 2.45) is 0 Å². The van der Waals surface area contributed by atoms with E-state index in [0.29, 0.717) is 41.9 Å². The molecule has 7 nitrogen and oxygen atoms in total. The number of thiophene rings is 1. The van der Waals surface area contributed by atoms with E-state index in [2.05, 4.69) is 4.98 Å². The molecule has 2 aromatic heterocycles. The first kappa shape index (κ1) is 18.4. The molecule has 8 heteroatoms. The quantitative estimate of drug-likeness (QED) is 0.633. The molecule has 1 amide bonds. The van der Waals surface area contributed by atoms with Gasteiger partial charge in [0.05, 0.1) is 31.4 Å². The molecule has 0 aliphatic carbocycles. The highest BCUT2D eigenvalue weighted by Gasteiger charge is 2.27. The Kier molecular flexibility index (Phi) is 4.95. The summed E-state index contributed by atoms with van der Waals surface area (Å²) >= 11 is 1.42. The molecule has 0 unspecified atom stereocenters. The highest BCUT2D eigenvalue weighted by atomic mass is 32.1. The second-order valence-electron chi connectivity index (χ2n) is 6.52. The van der Waals surface area contributed by atoms with Crippen LogP contribution in [0.4, 0.5) is 4.79 Å². The van der Waals surface area contributed by atoms with E-state index >= 15 is 0 Å². The van der Waals surface area contributed by atoms with Gasteiger partial charge in [-0.2, -0.15) is 0 Å². The monoisotopic (exact) mass is 397 g/mol. The summed E-state index contributed by atoms with van der Waals surface area (Å²) in [7, 11) is 0. The van der Waals surface area contributed by atoms with Crippen molar-refractivity contribution in [3.8, 4) is 0 Å². The normalized spacial score (nSPS) is 13.4. The fourth-order valence-electron chi connectivity index (χ4n) is 3.37. The van der Waals surface area contributed by atoms with Crippen molar-refractivity contribution in [2.45, 2.75) is 26.4 Å². The predicted molar refractivity (Wildman–Crippen MR) is 106 cm³/mol. The number of amides is 1. The molecule has 0 atom stereocenters. The van der Waals surface area contributed by atoms with Crippen LogP contribution in [0.3, 0.4) is 0 Å². The molecule has 1 aliphatic rings. The second-order valence-corrected chi connectivity index (χ2v) is 7.60. The number of hydrogen-bond acceptors (Lipinski definition) is 6. The van der Waals surface area contributed by atoms with Crippen molar-refractivity contribution in [3.63, 3.8) is 0 Å². The topological polar surface area (TPSA) is 81.5 Å². The summed E-state index contributed by atoms with van der Waals surface area (Å²) in [5.41, 5.74) is 1.28. The molecule has 0 N–H and O–H groups in total. The molecule has 0 radical (unpaired) electrons. The predicted octanol–water partition coefficient (Wildman–Crippen LogP) is 2.86. The molecular weight excluding hydrogens is 378 g/mol. The zero-order valence-corrected chi connectivity index (χ0v) is 16.2. The lowest BCUT2D eigenvalue weighted by molar-refractivity contribution is 0.0969. The molecule has 0 saturated heterocycles. The van der Waals surface area contributed by atoms with Gasteiger partial charge in [0.25, 0.3) is 5.56 Å². The Balaban J connectivity index is 1.65. The van der Waals surface area contributed by atoms with Gasteiger partial charge in [-0.15, -0.1) is 11.3 Å². The van der Waals surface area contributed by atoms with Gasteiger partial charge in [-0.1, -0.05) is 30.3 Å². The molecule has 3 aromatic rings. The van der Waals surface area contributed by atoms with Crippen LogP contribution in [0.25, 0.3) is 10.2 Å². The molecule has 0 fully saturated rings. The maximum Gasteiger partial charge on any atom is 0.410 e. The smallest absolute Gasteiger partial charge is 0.410 e. The number of Topliss-reactive ketones (excluding diaryl/α,β-unsaturated/α-hetero) is 1. The maximum absolute atomic E-state index is 13.0. The number of rotatable bonds is 4. The summed E-state index contributed by atoms with van der Waals surface area (Å²) in [6.45, 7) is 2.96. The third-order valence-electron chi connectivity index (χ3n) is 4.76. The number of hydrogen-bond donors (Lipinski definition) is 0. The van der Waals surface area contributed by atoms with Crippen LogP contribution < -0.4 is 5.56 Å². The Hall–Kier alpha value is -3.00. The van der Waals surface area contributed by atoms with Gasteiger partial charge < -0.3 is 9.64 Å². The molecule has 0 bridgehead atoms. The number of carbonyl (C=O) groups excluding carboxylic acids is 2. The maximum atomic E-state index is 13.0. The molecule has 4 rings (SSSR count). The summed E-state index contributed by atoms with van der Waals surface area (Å²) < 4.78 is 6.44. The third-order valence-corrected chi connectivity index (χ3v) is 5.89. The number of fused-ring (bicyclic) bond motifs is 3. The Morgan fingerprint density at radius 1 is 1.25 bits per heavy atom. The van der Waals surface area contributed by atoms with Crippen LogP contribution in [0.15, 0.2) is 41.5 Å². The first-order chi connectivity index (χ1) is 13.6. The van der Waals surface area contributed by atoms with E-state index < -0.39 is 0 Å². The van der Waals surface area contributed by atoms with Crippen LogP contribution in [-0.2, 0) is 24.2 Å². The van der Waals surface area contributed by atoms with E-state index in [4.69, 9.17) is 4.74 Å². The standard InChI is InChI=1S/C20H19N3O4S/c1-2-27-20(26)22-9-8-14-16(11-22)28-18-17(14)19(25)23(12-21-18)10-15(24)13-6-4-3-5-7-13/h3-7,12H,2,8-11H2,1H3. The lowest BCUT2D eigenvalue weighted by Gasteiger charge is -2.25. The summed E-state index contributed by atoms with van der Waals surface area (Å²) in [6, 6.07) is 8.89. The van der Waals surface area contributed by atoms with Crippen LogP contribution in [0.2, 0.25) is 0 Å². The molecule has 1 aromatic carbocycles. The van der Waals surface area contributed by atoms with E-state index in [-0.39, 0.29) is 24.0 Å². The summed E-state index contributed by atoms with van der Waals surface area (Å²) in [5, 5.41) is 0.562. The van der Waals surface area contributed by atoms with E-state index in [1.807, 2.05) is 6.07 Å². The largest absolute Gasteiger partial charge is 0.450 e. The van der Waals surface area contributed by atoms with Gasteiger partial charge in [-0.25, -0.2) is 9.78 Å². The number of ether oxygens (including phenoxy) is 1. The Morgan fingerprint density at radius 3 is 2.79 bits per heavy atom. The van der Waals surface area contributed by atoms with E-state index in [1.165, 1.54) is 22.2 Å². The molecule has 1 aliphatic heterocycles. The van der Waals surface area contributed by atoms with Crippen molar-refractivity contribution in [1.82, 2.24) is 14.5 Å². The van der Waals surface area contributed by atoms with E-state index in [0.717, 1.165) is 10.4 Å². The summed E-state index contributed by atoms with van der Waals surface area (Å²) in [4.78, 5) is 45.1. The first-order valence-electron chi connectivity index (χ1n) is 9.08. The molecule has 0 spiro atoms. The van der Waals surface area contributed by atoms with Crippen LogP contribution in [0, 0.1) is 0 Å². The van der Waals surface area contributed by atoms with Crippen molar-refractivity contribution in [1.29, 1.82) is 0 Å². The number of aromatic nitrogens is 2. The fraction of sp³-hybridized carbons (Fsp3) is 0.300. The SMILES string of the molecule is CCOC(=O)N1CCc2c(sc3ncn(CC(=O)c4ccccc4)c(=O)c23)C1. The average Bonchev–Trinajstić information content (AvgIpc) is 3.09. The lowest BCUT2D eigenvalue weighted by atomic mass is 10.1. The van der Waals surface area contributed by atoms with Gasteiger partial charge in [0, 0.05) is 17.0 Å². The number of nitrogens with zero attached hydrogens (tertiary/aromatic N) is 3. The second kappa shape index (κ2) is 7.55. The molecule has 0 saturated carbocycles. The zero-order chi connectivity index (χ0) is 19.7. The number of carbonyl (C=O) groups is 2. The Morgan fingerprint density at radius 2 is 2.04 bits per heavy atom. The molecular formula is C20H19N3O4S. The van der Waals surface area contributed by atoms with Crippen LogP contribution in [0.1, 0.15) is 27.7 Å². The van der Waals surface area contributed by atoms with Crippen molar-refractivity contribution >= 4 is 33.4 Å². The van der Waals surface area contributed by atoms with Gasteiger partial charge in [0.2, 0.25) is 0 Å². The van der Waals surface area contributed by atoms with Crippen LogP contribution >= 0.6 is 11.3 Å². The van der Waals surface area contributed by atoms with Crippen molar-refractivity contribution in [3.05, 3.63) is 63.0 Å². The lowest BCUT2D eigenvalue weighted by Crippen LogP contribution is -2.36. The minimum absolute atomic E-state index is 0.0502. The van der Waals surface area contributed by atoms with Crippen molar-refractivity contribution in [2.75, 3.05) is 13.2 Å². The minimum Gasteiger partial charge on any atom is -0.450 e. The van der Waals surface area contributed by atoms with Gasteiger partial charge in [0.15, 0.2) is 5.78 Å². The van der Waals surface area contributed by atoms with Crippen LogP contribution in [-0.4, -0.2) is 39.5 Å². The third kappa shape index (κ3) is 3.31. The minimum atomic E-state index is -0.343. The molecule has 28 heavy (non-hydrogen) atoms. The van der Waals surface area contributed by atoms with E-state index in [1.54, 1.807) is 36.1 Å².